The Morgan fingerprint density at radius 2 is 2.00 bits per heavy atom. The lowest BCUT2D eigenvalue weighted by atomic mass is 9.91. The molecule has 1 aliphatic carbocycles. The second-order valence-electron chi connectivity index (χ2n) is 5.86. The van der Waals surface area contributed by atoms with Gasteiger partial charge in [0.1, 0.15) is 0 Å². The fourth-order valence-electron chi connectivity index (χ4n) is 2.71. The number of benzene rings is 1. The van der Waals surface area contributed by atoms with Crippen LogP contribution in [0.5, 0.6) is 0 Å². The Bertz CT molecular complexity index is 705. The number of aryl methyl sites for hydroxylation is 1. The summed E-state index contributed by atoms with van der Waals surface area (Å²) in [7, 11) is -3.78. The Kier molecular flexibility index (Phi) is 3.09. The Morgan fingerprint density at radius 3 is 2.52 bits per heavy atom. The molecule has 2 aliphatic rings. The van der Waals surface area contributed by atoms with Crippen LogP contribution in [0.3, 0.4) is 0 Å². The predicted octanol–water partition coefficient (Wildman–Crippen LogP) is 1.05. The minimum Gasteiger partial charge on any atom is -0.387 e. The fourth-order valence-corrected chi connectivity index (χ4v) is 4.29. The summed E-state index contributed by atoms with van der Waals surface area (Å²) in [6.45, 7) is 1.70. The van der Waals surface area contributed by atoms with Gasteiger partial charge < -0.3 is 5.11 Å². The lowest BCUT2D eigenvalue weighted by Crippen LogP contribution is -2.64. The highest BCUT2D eigenvalue weighted by molar-refractivity contribution is 7.89. The molecule has 1 saturated heterocycles. The van der Waals surface area contributed by atoms with Crippen LogP contribution >= 0.6 is 0 Å². The fraction of sp³-hybridized carbons (Fsp3) is 0.538. The first-order chi connectivity index (χ1) is 9.74. The minimum atomic E-state index is -3.78. The molecular weight excluding hydrogens is 296 g/mol. The van der Waals surface area contributed by atoms with Gasteiger partial charge in [-0.3, -0.25) is 10.1 Å². The van der Waals surface area contributed by atoms with E-state index in [2.05, 4.69) is 0 Å². The smallest absolute Gasteiger partial charge is 0.273 e. The molecule has 0 spiro atoms. The van der Waals surface area contributed by atoms with Crippen molar-refractivity contribution in [2.45, 2.75) is 30.3 Å². The summed E-state index contributed by atoms with van der Waals surface area (Å²) < 4.78 is 26.0. The maximum Gasteiger partial charge on any atom is 0.273 e. The number of rotatable bonds is 4. The van der Waals surface area contributed by atoms with E-state index >= 15 is 0 Å². The zero-order valence-electron chi connectivity index (χ0n) is 11.5. The van der Waals surface area contributed by atoms with Gasteiger partial charge in [-0.25, -0.2) is 8.42 Å². The standard InChI is InChI=1S/C13H16N2O5S/c1-9-2-5-11(6-12(9)15(17)18)21(19,20)14-7-13(16,8-14)10-3-4-10/h2,5-6,10,16H,3-4,7-8H2,1H3. The highest BCUT2D eigenvalue weighted by Gasteiger charge is 2.55. The van der Waals surface area contributed by atoms with Gasteiger partial charge in [-0.1, -0.05) is 6.07 Å². The van der Waals surface area contributed by atoms with Crippen molar-refractivity contribution in [3.63, 3.8) is 0 Å². The van der Waals surface area contributed by atoms with Crippen molar-refractivity contribution >= 4 is 15.7 Å². The van der Waals surface area contributed by atoms with Crippen LogP contribution in [-0.4, -0.2) is 41.4 Å². The molecule has 1 saturated carbocycles. The Balaban J connectivity index is 1.86. The second kappa shape index (κ2) is 4.49. The second-order valence-corrected chi connectivity index (χ2v) is 7.79. The SMILES string of the molecule is Cc1ccc(S(=O)(=O)N2CC(O)(C3CC3)C2)cc1[N+](=O)[O-]. The third kappa shape index (κ3) is 2.33. The lowest BCUT2D eigenvalue weighted by molar-refractivity contribution is -0.385. The number of hydrogen-bond acceptors (Lipinski definition) is 5. The molecule has 2 fully saturated rings. The van der Waals surface area contributed by atoms with Crippen molar-refractivity contribution < 1.29 is 18.4 Å². The van der Waals surface area contributed by atoms with E-state index < -0.39 is 20.5 Å². The number of β-amino-alcohol motifs (C(OH)–C–C–N with tert-alkyl or cyclic N) is 1. The summed E-state index contributed by atoms with van der Waals surface area (Å²) in [5, 5.41) is 21.1. The van der Waals surface area contributed by atoms with E-state index in [4.69, 9.17) is 0 Å². The summed E-state index contributed by atoms with van der Waals surface area (Å²) in [4.78, 5) is 10.2. The molecule has 0 atom stereocenters. The Hall–Kier alpha value is -1.51. The van der Waals surface area contributed by atoms with E-state index in [1.807, 2.05) is 0 Å². The third-order valence-corrected chi connectivity index (χ3v) is 6.04. The first-order valence-electron chi connectivity index (χ1n) is 6.72. The average molecular weight is 312 g/mol. The van der Waals surface area contributed by atoms with Crippen molar-refractivity contribution in [2.24, 2.45) is 5.92 Å². The minimum absolute atomic E-state index is 0.0711. The molecule has 7 nitrogen and oxygen atoms in total. The molecule has 0 unspecified atom stereocenters. The van der Waals surface area contributed by atoms with Crippen LogP contribution in [0.25, 0.3) is 0 Å². The number of nitro groups is 1. The van der Waals surface area contributed by atoms with Gasteiger partial charge in [0.05, 0.1) is 15.4 Å². The molecule has 1 aromatic carbocycles. The molecule has 1 heterocycles. The van der Waals surface area contributed by atoms with Crippen LogP contribution in [0.2, 0.25) is 0 Å². The molecule has 8 heteroatoms. The van der Waals surface area contributed by atoms with Crippen molar-refractivity contribution in [1.82, 2.24) is 4.31 Å². The van der Waals surface area contributed by atoms with Gasteiger partial charge in [0.15, 0.2) is 0 Å². The summed E-state index contributed by atoms with van der Waals surface area (Å²) in [6.07, 6.45) is 1.86. The average Bonchev–Trinajstić information content (AvgIpc) is 3.19. The molecule has 3 rings (SSSR count). The topological polar surface area (TPSA) is 101 Å². The summed E-state index contributed by atoms with van der Waals surface area (Å²) in [5.74, 6) is 0.191. The highest BCUT2D eigenvalue weighted by atomic mass is 32.2. The van der Waals surface area contributed by atoms with E-state index in [1.165, 1.54) is 16.4 Å². The number of hydrogen-bond donors (Lipinski definition) is 1. The molecule has 1 aromatic rings. The number of nitrogens with zero attached hydrogens (tertiary/aromatic N) is 2. The summed E-state index contributed by atoms with van der Waals surface area (Å²) >= 11 is 0. The summed E-state index contributed by atoms with van der Waals surface area (Å²) in [6, 6.07) is 3.88. The molecule has 0 radical (unpaired) electrons. The molecule has 0 amide bonds. The zero-order valence-corrected chi connectivity index (χ0v) is 12.3. The van der Waals surface area contributed by atoms with Gasteiger partial charge in [0.25, 0.3) is 5.69 Å². The molecule has 1 aliphatic heterocycles. The predicted molar refractivity (Wildman–Crippen MR) is 74.3 cm³/mol. The van der Waals surface area contributed by atoms with Gasteiger partial charge in [0.2, 0.25) is 10.0 Å². The van der Waals surface area contributed by atoms with Crippen LogP contribution in [-0.2, 0) is 10.0 Å². The maximum absolute atomic E-state index is 12.4. The van der Waals surface area contributed by atoms with E-state index in [0.29, 0.717) is 5.56 Å². The Morgan fingerprint density at radius 1 is 1.38 bits per heavy atom. The van der Waals surface area contributed by atoms with Crippen LogP contribution < -0.4 is 0 Å². The van der Waals surface area contributed by atoms with Crippen LogP contribution in [0.15, 0.2) is 23.1 Å². The van der Waals surface area contributed by atoms with Gasteiger partial charge in [-0.15, -0.1) is 0 Å². The number of nitro benzene ring substituents is 1. The highest BCUT2D eigenvalue weighted by Crippen LogP contribution is 2.46. The van der Waals surface area contributed by atoms with Gasteiger partial charge in [0, 0.05) is 24.7 Å². The lowest BCUT2D eigenvalue weighted by Gasteiger charge is -2.45. The number of aliphatic hydroxyl groups is 1. The van der Waals surface area contributed by atoms with Crippen molar-refractivity contribution in [3.05, 3.63) is 33.9 Å². The van der Waals surface area contributed by atoms with Crippen molar-refractivity contribution in [2.75, 3.05) is 13.1 Å². The zero-order chi connectivity index (χ0) is 15.4. The van der Waals surface area contributed by atoms with Crippen LogP contribution in [0.4, 0.5) is 5.69 Å². The first kappa shape index (κ1) is 14.4. The largest absolute Gasteiger partial charge is 0.387 e. The van der Waals surface area contributed by atoms with Crippen molar-refractivity contribution in [3.8, 4) is 0 Å². The normalized spacial score (nSPS) is 21.8. The first-order valence-corrected chi connectivity index (χ1v) is 8.16. The van der Waals surface area contributed by atoms with E-state index in [0.717, 1.165) is 18.9 Å². The third-order valence-electron chi connectivity index (χ3n) is 4.25. The monoisotopic (exact) mass is 312 g/mol. The van der Waals surface area contributed by atoms with Crippen molar-refractivity contribution in [1.29, 1.82) is 0 Å². The van der Waals surface area contributed by atoms with E-state index in [-0.39, 0.29) is 29.6 Å². The van der Waals surface area contributed by atoms with Gasteiger partial charge in [-0.2, -0.15) is 4.31 Å². The van der Waals surface area contributed by atoms with E-state index in [9.17, 15) is 23.6 Å². The molecule has 21 heavy (non-hydrogen) atoms. The molecule has 1 N–H and O–H groups in total. The Labute approximate surface area is 122 Å². The molecule has 0 aromatic heterocycles. The quantitative estimate of drug-likeness (QED) is 0.661. The van der Waals surface area contributed by atoms with Crippen LogP contribution in [0.1, 0.15) is 18.4 Å². The molecule has 114 valence electrons. The van der Waals surface area contributed by atoms with Crippen LogP contribution in [0, 0.1) is 23.0 Å². The summed E-state index contributed by atoms with van der Waals surface area (Å²) in [5.41, 5.74) is -0.713. The van der Waals surface area contributed by atoms with Gasteiger partial charge in [-0.05, 0) is 31.7 Å². The molecule has 0 bridgehead atoms. The molecular formula is C13H16N2O5S. The van der Waals surface area contributed by atoms with Gasteiger partial charge >= 0.3 is 0 Å². The number of sulfonamides is 1. The van der Waals surface area contributed by atoms with E-state index in [1.54, 1.807) is 6.92 Å². The maximum atomic E-state index is 12.4.